The van der Waals surface area contributed by atoms with Gasteiger partial charge in [0.1, 0.15) is 0 Å². The molecule has 166 valence electrons. The standard InChI is InChI=1S/C27H46O2/c1-18(2)7-6-8-19(3)23-11-12-24-22-10-9-20-17-21(29-28)13-15-26(20,4)25(22)14-16-27(23,24)5/h9,18-19,21-25,28H,6-8,10-17H2,1-5H3/t19-,21+,22?,23-,24+,25+,26+,27-/m1/s1. The number of fused-ring (bicyclic) bond motifs is 5. The van der Waals surface area contributed by atoms with Gasteiger partial charge in [-0.2, -0.15) is 0 Å². The van der Waals surface area contributed by atoms with E-state index in [2.05, 4.69) is 40.7 Å². The highest BCUT2D eigenvalue weighted by Crippen LogP contribution is 2.67. The van der Waals surface area contributed by atoms with Gasteiger partial charge in [-0.05, 0) is 97.7 Å². The van der Waals surface area contributed by atoms with Crippen molar-refractivity contribution in [2.24, 2.45) is 46.3 Å². The summed E-state index contributed by atoms with van der Waals surface area (Å²) < 4.78 is 0. The van der Waals surface area contributed by atoms with Gasteiger partial charge in [0.05, 0.1) is 6.10 Å². The Morgan fingerprint density at radius 1 is 1.03 bits per heavy atom. The molecule has 2 nitrogen and oxygen atoms in total. The van der Waals surface area contributed by atoms with Crippen LogP contribution in [0.2, 0.25) is 0 Å². The van der Waals surface area contributed by atoms with E-state index in [1.165, 1.54) is 57.8 Å². The summed E-state index contributed by atoms with van der Waals surface area (Å²) in [6.45, 7) is 12.5. The maximum atomic E-state index is 9.20. The SMILES string of the molecule is CC(C)CCC[C@@H](C)[C@H]1CC[C@H]2C3CC=C4C[C@@H](OO)CC[C@]4(C)[C@H]3CC[C@]12C. The van der Waals surface area contributed by atoms with Crippen molar-refractivity contribution < 1.29 is 10.1 Å². The molecule has 0 aromatic carbocycles. The summed E-state index contributed by atoms with van der Waals surface area (Å²) in [5.41, 5.74) is 2.54. The fourth-order valence-electron chi connectivity index (χ4n) is 8.74. The Morgan fingerprint density at radius 2 is 1.83 bits per heavy atom. The maximum absolute atomic E-state index is 9.20. The first kappa shape index (κ1) is 21.9. The molecule has 3 saturated carbocycles. The molecule has 3 fully saturated rings. The predicted octanol–water partition coefficient (Wildman–Crippen LogP) is 7.89. The summed E-state index contributed by atoms with van der Waals surface area (Å²) >= 11 is 0. The molecule has 4 rings (SSSR count). The van der Waals surface area contributed by atoms with Crippen molar-refractivity contribution >= 4 is 0 Å². The Hall–Kier alpha value is -0.340. The van der Waals surface area contributed by atoms with Gasteiger partial charge in [-0.3, -0.25) is 5.26 Å². The maximum Gasteiger partial charge on any atom is 0.0964 e. The van der Waals surface area contributed by atoms with Crippen molar-refractivity contribution in [2.75, 3.05) is 0 Å². The molecule has 4 aliphatic rings. The van der Waals surface area contributed by atoms with Gasteiger partial charge in [0.2, 0.25) is 0 Å². The van der Waals surface area contributed by atoms with E-state index in [4.69, 9.17) is 4.89 Å². The van der Waals surface area contributed by atoms with Crippen molar-refractivity contribution in [3.8, 4) is 0 Å². The third-order valence-corrected chi connectivity index (χ3v) is 10.4. The molecule has 0 spiro atoms. The van der Waals surface area contributed by atoms with Crippen LogP contribution in [0.4, 0.5) is 0 Å². The van der Waals surface area contributed by atoms with Gasteiger partial charge >= 0.3 is 0 Å². The van der Waals surface area contributed by atoms with Gasteiger partial charge in [-0.15, -0.1) is 0 Å². The normalized spacial score (nSPS) is 45.3. The summed E-state index contributed by atoms with van der Waals surface area (Å²) in [5, 5.41) is 9.20. The molecule has 0 heterocycles. The van der Waals surface area contributed by atoms with Gasteiger partial charge in [0, 0.05) is 0 Å². The number of rotatable bonds is 6. The van der Waals surface area contributed by atoms with Crippen molar-refractivity contribution in [1.29, 1.82) is 0 Å². The molecule has 2 heteroatoms. The Morgan fingerprint density at radius 3 is 2.55 bits per heavy atom. The fourth-order valence-corrected chi connectivity index (χ4v) is 8.74. The zero-order valence-corrected chi connectivity index (χ0v) is 19.8. The van der Waals surface area contributed by atoms with E-state index < -0.39 is 0 Å². The van der Waals surface area contributed by atoms with E-state index in [1.807, 2.05) is 0 Å². The van der Waals surface area contributed by atoms with E-state index in [0.717, 1.165) is 48.3 Å². The molecule has 0 aromatic rings. The molecule has 1 N–H and O–H groups in total. The second-order valence-corrected chi connectivity index (χ2v) is 12.3. The highest BCUT2D eigenvalue weighted by molar-refractivity contribution is 5.25. The molecule has 0 aromatic heterocycles. The van der Waals surface area contributed by atoms with Crippen molar-refractivity contribution in [1.82, 2.24) is 0 Å². The third-order valence-electron chi connectivity index (χ3n) is 10.4. The first-order valence-corrected chi connectivity index (χ1v) is 12.8. The molecule has 0 amide bonds. The van der Waals surface area contributed by atoms with Crippen LogP contribution in [0.3, 0.4) is 0 Å². The van der Waals surface area contributed by atoms with Crippen LogP contribution in [0.25, 0.3) is 0 Å². The Balaban J connectivity index is 1.48. The molecular formula is C27H46O2. The number of allylic oxidation sites excluding steroid dienone is 1. The van der Waals surface area contributed by atoms with Crippen LogP contribution >= 0.6 is 0 Å². The van der Waals surface area contributed by atoms with Gasteiger partial charge in [-0.25, -0.2) is 4.89 Å². The van der Waals surface area contributed by atoms with Gasteiger partial charge < -0.3 is 0 Å². The molecule has 0 saturated heterocycles. The Kier molecular flexibility index (Phi) is 6.26. The quantitative estimate of drug-likeness (QED) is 0.278. The van der Waals surface area contributed by atoms with Crippen LogP contribution in [0.1, 0.15) is 105 Å². The largest absolute Gasteiger partial charge is 0.252 e. The number of hydrogen-bond acceptors (Lipinski definition) is 2. The highest BCUT2D eigenvalue weighted by atomic mass is 17.1. The monoisotopic (exact) mass is 402 g/mol. The average molecular weight is 403 g/mol. The van der Waals surface area contributed by atoms with E-state index in [0.29, 0.717) is 10.8 Å². The Labute approximate surface area is 179 Å². The van der Waals surface area contributed by atoms with Crippen LogP contribution in [-0.4, -0.2) is 11.4 Å². The summed E-state index contributed by atoms with van der Waals surface area (Å²) in [5.74, 6) is 5.36. The molecule has 29 heavy (non-hydrogen) atoms. The second kappa shape index (κ2) is 8.30. The summed E-state index contributed by atoms with van der Waals surface area (Å²) in [4.78, 5) is 4.75. The lowest BCUT2D eigenvalue weighted by molar-refractivity contribution is -0.284. The lowest BCUT2D eigenvalue weighted by atomic mass is 9.47. The van der Waals surface area contributed by atoms with Gasteiger partial charge in [0.25, 0.3) is 0 Å². The van der Waals surface area contributed by atoms with Crippen molar-refractivity contribution in [2.45, 2.75) is 111 Å². The highest BCUT2D eigenvalue weighted by Gasteiger charge is 2.59. The van der Waals surface area contributed by atoms with Crippen LogP contribution in [-0.2, 0) is 4.89 Å². The molecule has 8 atom stereocenters. The number of hydrogen-bond donors (Lipinski definition) is 1. The van der Waals surface area contributed by atoms with Crippen LogP contribution in [0, 0.1) is 46.3 Å². The van der Waals surface area contributed by atoms with Gasteiger partial charge in [0.15, 0.2) is 0 Å². The van der Waals surface area contributed by atoms with Crippen molar-refractivity contribution in [3.63, 3.8) is 0 Å². The smallest absolute Gasteiger partial charge is 0.0964 e. The zero-order chi connectivity index (χ0) is 20.8. The molecular weight excluding hydrogens is 356 g/mol. The van der Waals surface area contributed by atoms with Crippen LogP contribution < -0.4 is 0 Å². The van der Waals surface area contributed by atoms with E-state index >= 15 is 0 Å². The van der Waals surface area contributed by atoms with Crippen LogP contribution in [0.15, 0.2) is 11.6 Å². The lowest BCUT2D eigenvalue weighted by Gasteiger charge is -2.58. The zero-order valence-electron chi connectivity index (χ0n) is 19.8. The second-order valence-electron chi connectivity index (χ2n) is 12.3. The Bertz CT molecular complexity index is 610. The predicted molar refractivity (Wildman–Crippen MR) is 121 cm³/mol. The summed E-state index contributed by atoms with van der Waals surface area (Å²) in [6, 6.07) is 0. The average Bonchev–Trinajstić information content (AvgIpc) is 3.04. The minimum Gasteiger partial charge on any atom is -0.252 e. The van der Waals surface area contributed by atoms with E-state index in [-0.39, 0.29) is 6.10 Å². The van der Waals surface area contributed by atoms with E-state index in [1.54, 1.807) is 5.57 Å². The molecule has 0 aliphatic heterocycles. The van der Waals surface area contributed by atoms with Crippen molar-refractivity contribution in [3.05, 3.63) is 11.6 Å². The minimum atomic E-state index is 0.0299. The first-order chi connectivity index (χ1) is 13.8. The van der Waals surface area contributed by atoms with E-state index in [9.17, 15) is 5.26 Å². The molecule has 0 bridgehead atoms. The third kappa shape index (κ3) is 3.75. The fraction of sp³-hybridized carbons (Fsp3) is 0.926. The first-order valence-electron chi connectivity index (χ1n) is 12.8. The molecule has 0 radical (unpaired) electrons. The topological polar surface area (TPSA) is 29.5 Å². The molecule has 4 aliphatic carbocycles. The van der Waals surface area contributed by atoms with Gasteiger partial charge in [-0.1, -0.05) is 65.5 Å². The lowest BCUT2D eigenvalue weighted by Crippen LogP contribution is -2.51. The minimum absolute atomic E-state index is 0.0299. The van der Waals surface area contributed by atoms with Crippen LogP contribution in [0.5, 0.6) is 0 Å². The summed E-state index contributed by atoms with van der Waals surface area (Å²) in [6.07, 6.45) is 17.1. The summed E-state index contributed by atoms with van der Waals surface area (Å²) in [7, 11) is 0. The molecule has 1 unspecified atom stereocenters.